The number of nitrogens with zero attached hydrogens (tertiary/aromatic N) is 2. The van der Waals surface area contributed by atoms with Crippen LogP contribution in [0.4, 0.5) is 0 Å². The number of benzene rings is 1. The molecule has 112 valence electrons. The standard InChI is InChI=1S/C14H11N3O3S2/c1-6-8-3-10-11(20-5-19-10)4-9(8)15-13(18)12(6)22-14-17-16-7(2)21-14/h3-4H,5H2,1-2H3,(H,15,18). The summed E-state index contributed by atoms with van der Waals surface area (Å²) in [5.74, 6) is 1.35. The van der Waals surface area contributed by atoms with Gasteiger partial charge in [0.25, 0.3) is 5.56 Å². The molecule has 6 nitrogen and oxygen atoms in total. The van der Waals surface area contributed by atoms with E-state index in [4.69, 9.17) is 9.47 Å². The van der Waals surface area contributed by atoms with Gasteiger partial charge in [0.05, 0.1) is 10.4 Å². The molecule has 0 aliphatic carbocycles. The van der Waals surface area contributed by atoms with Gasteiger partial charge in [-0.25, -0.2) is 0 Å². The van der Waals surface area contributed by atoms with Crippen molar-refractivity contribution in [2.45, 2.75) is 23.1 Å². The third kappa shape index (κ3) is 2.15. The van der Waals surface area contributed by atoms with Gasteiger partial charge in [0, 0.05) is 11.5 Å². The zero-order chi connectivity index (χ0) is 15.3. The molecule has 1 aliphatic heterocycles. The number of aromatic amines is 1. The van der Waals surface area contributed by atoms with Crippen molar-refractivity contribution in [3.05, 3.63) is 33.1 Å². The van der Waals surface area contributed by atoms with E-state index >= 15 is 0 Å². The van der Waals surface area contributed by atoms with Crippen molar-refractivity contribution in [1.82, 2.24) is 15.2 Å². The van der Waals surface area contributed by atoms with Gasteiger partial charge in [0.15, 0.2) is 15.8 Å². The summed E-state index contributed by atoms with van der Waals surface area (Å²) in [5.41, 5.74) is 1.50. The molecule has 0 fully saturated rings. The van der Waals surface area contributed by atoms with Crippen LogP contribution in [0.2, 0.25) is 0 Å². The molecular formula is C14H11N3O3S2. The van der Waals surface area contributed by atoms with Crippen LogP contribution < -0.4 is 15.0 Å². The summed E-state index contributed by atoms with van der Waals surface area (Å²) >= 11 is 2.81. The van der Waals surface area contributed by atoms with Gasteiger partial charge in [-0.1, -0.05) is 23.1 Å². The lowest BCUT2D eigenvalue weighted by Crippen LogP contribution is -2.10. The van der Waals surface area contributed by atoms with E-state index in [0.29, 0.717) is 16.4 Å². The minimum Gasteiger partial charge on any atom is -0.454 e. The van der Waals surface area contributed by atoms with Gasteiger partial charge in [0.1, 0.15) is 5.01 Å². The van der Waals surface area contributed by atoms with Gasteiger partial charge in [0.2, 0.25) is 6.79 Å². The predicted octanol–water partition coefficient (Wildman–Crippen LogP) is 2.88. The second-order valence-corrected chi connectivity index (χ2v) is 7.29. The summed E-state index contributed by atoms with van der Waals surface area (Å²) in [7, 11) is 0. The number of aryl methyl sites for hydroxylation is 2. The molecule has 1 aliphatic rings. The number of rotatable bonds is 2. The summed E-state index contributed by atoms with van der Waals surface area (Å²) in [6, 6.07) is 3.70. The van der Waals surface area contributed by atoms with Crippen molar-refractivity contribution >= 4 is 34.0 Å². The topological polar surface area (TPSA) is 77.1 Å². The van der Waals surface area contributed by atoms with Crippen molar-refractivity contribution in [3.8, 4) is 11.5 Å². The summed E-state index contributed by atoms with van der Waals surface area (Å²) in [6.07, 6.45) is 0. The SMILES string of the molecule is Cc1nnc(Sc2c(C)c3cc4c(cc3[nH]c2=O)OCO4)s1. The van der Waals surface area contributed by atoms with Crippen LogP contribution in [0.5, 0.6) is 11.5 Å². The van der Waals surface area contributed by atoms with Crippen molar-refractivity contribution in [3.63, 3.8) is 0 Å². The number of nitrogens with one attached hydrogen (secondary N) is 1. The van der Waals surface area contributed by atoms with E-state index in [1.54, 1.807) is 6.07 Å². The lowest BCUT2D eigenvalue weighted by atomic mass is 10.1. The van der Waals surface area contributed by atoms with Gasteiger partial charge in [-0.05, 0) is 25.5 Å². The first-order valence-electron chi connectivity index (χ1n) is 6.56. The van der Waals surface area contributed by atoms with E-state index in [9.17, 15) is 4.79 Å². The molecule has 0 amide bonds. The number of pyridine rings is 1. The maximum absolute atomic E-state index is 12.4. The van der Waals surface area contributed by atoms with E-state index < -0.39 is 0 Å². The summed E-state index contributed by atoms with van der Waals surface area (Å²) in [6.45, 7) is 4.02. The fourth-order valence-corrected chi connectivity index (χ4v) is 4.21. The molecule has 2 aromatic heterocycles. The molecule has 3 aromatic rings. The Balaban J connectivity index is 1.88. The fraction of sp³-hybridized carbons (Fsp3) is 0.214. The van der Waals surface area contributed by atoms with Crippen molar-refractivity contribution in [1.29, 1.82) is 0 Å². The third-order valence-electron chi connectivity index (χ3n) is 3.41. The second-order valence-electron chi connectivity index (χ2n) is 4.85. The molecule has 22 heavy (non-hydrogen) atoms. The monoisotopic (exact) mass is 333 g/mol. The molecule has 0 bridgehead atoms. The number of H-pyrrole nitrogens is 1. The van der Waals surface area contributed by atoms with Gasteiger partial charge in [-0.15, -0.1) is 10.2 Å². The number of fused-ring (bicyclic) bond motifs is 2. The minimum absolute atomic E-state index is 0.137. The van der Waals surface area contributed by atoms with Crippen LogP contribution in [0.1, 0.15) is 10.6 Å². The Bertz CT molecular complexity index is 948. The van der Waals surface area contributed by atoms with E-state index in [0.717, 1.165) is 25.8 Å². The average molecular weight is 333 g/mol. The van der Waals surface area contributed by atoms with Crippen molar-refractivity contribution in [2.24, 2.45) is 0 Å². The van der Waals surface area contributed by atoms with Crippen molar-refractivity contribution < 1.29 is 9.47 Å². The predicted molar refractivity (Wildman–Crippen MR) is 84.2 cm³/mol. The van der Waals surface area contributed by atoms with Gasteiger partial charge < -0.3 is 14.5 Å². The van der Waals surface area contributed by atoms with Crippen LogP contribution in [0.15, 0.2) is 26.2 Å². The number of ether oxygens (including phenoxy) is 2. The van der Waals surface area contributed by atoms with Crippen molar-refractivity contribution in [2.75, 3.05) is 6.79 Å². The molecule has 0 saturated carbocycles. The first-order valence-corrected chi connectivity index (χ1v) is 8.19. The second kappa shape index (κ2) is 4.99. The zero-order valence-electron chi connectivity index (χ0n) is 11.8. The first kappa shape index (κ1) is 13.6. The van der Waals surface area contributed by atoms with Gasteiger partial charge in [-0.3, -0.25) is 4.79 Å². The van der Waals surface area contributed by atoms with Crippen LogP contribution >= 0.6 is 23.1 Å². The van der Waals surface area contributed by atoms with Crippen LogP contribution in [-0.4, -0.2) is 22.0 Å². The Kier molecular flexibility index (Phi) is 3.08. The Morgan fingerprint density at radius 2 is 2.00 bits per heavy atom. The van der Waals surface area contributed by atoms with Crippen LogP contribution in [0, 0.1) is 13.8 Å². The molecule has 8 heteroatoms. The molecule has 0 atom stereocenters. The summed E-state index contributed by atoms with van der Waals surface area (Å²) in [5, 5.41) is 9.86. The average Bonchev–Trinajstić information content (AvgIpc) is 3.10. The molecule has 0 saturated heterocycles. The molecule has 0 spiro atoms. The smallest absolute Gasteiger partial charge is 0.262 e. The number of hydrogen-bond acceptors (Lipinski definition) is 7. The van der Waals surface area contributed by atoms with E-state index in [1.165, 1.54) is 23.1 Å². The Morgan fingerprint density at radius 3 is 2.73 bits per heavy atom. The van der Waals surface area contributed by atoms with E-state index in [2.05, 4.69) is 15.2 Å². The van der Waals surface area contributed by atoms with E-state index in [1.807, 2.05) is 19.9 Å². The summed E-state index contributed by atoms with van der Waals surface area (Å²) in [4.78, 5) is 15.9. The molecule has 1 aromatic carbocycles. The maximum Gasteiger partial charge on any atom is 0.262 e. The highest BCUT2D eigenvalue weighted by Crippen LogP contribution is 2.38. The summed E-state index contributed by atoms with van der Waals surface area (Å²) < 4.78 is 11.5. The van der Waals surface area contributed by atoms with Crippen LogP contribution in [0.3, 0.4) is 0 Å². The zero-order valence-corrected chi connectivity index (χ0v) is 13.4. The van der Waals surface area contributed by atoms with Crippen LogP contribution in [-0.2, 0) is 0 Å². The Labute approximate surface area is 133 Å². The molecule has 4 rings (SSSR count). The third-order valence-corrected chi connectivity index (χ3v) is 5.49. The molecule has 0 unspecified atom stereocenters. The number of hydrogen-bond donors (Lipinski definition) is 1. The first-order chi connectivity index (χ1) is 10.6. The van der Waals surface area contributed by atoms with Crippen LogP contribution in [0.25, 0.3) is 10.9 Å². The lowest BCUT2D eigenvalue weighted by Gasteiger charge is -2.08. The molecule has 1 N–H and O–H groups in total. The highest BCUT2D eigenvalue weighted by atomic mass is 32.2. The normalized spacial score (nSPS) is 13.0. The highest BCUT2D eigenvalue weighted by molar-refractivity contribution is 8.01. The fourth-order valence-electron chi connectivity index (χ4n) is 2.36. The lowest BCUT2D eigenvalue weighted by molar-refractivity contribution is 0.174. The van der Waals surface area contributed by atoms with E-state index in [-0.39, 0.29) is 12.4 Å². The van der Waals surface area contributed by atoms with Gasteiger partial charge >= 0.3 is 0 Å². The number of aromatic nitrogens is 3. The minimum atomic E-state index is -0.137. The highest BCUT2D eigenvalue weighted by Gasteiger charge is 2.18. The Hall–Kier alpha value is -2.06. The quantitative estimate of drug-likeness (QED) is 0.777. The molecule has 0 radical (unpaired) electrons. The molecule has 3 heterocycles. The largest absolute Gasteiger partial charge is 0.454 e. The van der Waals surface area contributed by atoms with Gasteiger partial charge in [-0.2, -0.15) is 0 Å². The Morgan fingerprint density at radius 1 is 1.23 bits per heavy atom. The maximum atomic E-state index is 12.4. The molecular weight excluding hydrogens is 322 g/mol.